The number of hydrogen-bond donors (Lipinski definition) is 2. The number of amides is 2. The van der Waals surface area contributed by atoms with Crippen LogP contribution in [-0.4, -0.2) is 21.2 Å². The summed E-state index contributed by atoms with van der Waals surface area (Å²) in [6.45, 7) is 2.05. The molecule has 0 saturated heterocycles. The highest BCUT2D eigenvalue weighted by molar-refractivity contribution is 7.13. The number of aryl methyl sites for hydroxylation is 1. The summed E-state index contributed by atoms with van der Waals surface area (Å²) in [5.41, 5.74) is 4.71. The van der Waals surface area contributed by atoms with Gasteiger partial charge >= 0.3 is 6.03 Å². The number of rotatable bonds is 5. The zero-order valence-electron chi connectivity index (χ0n) is 13.1. The van der Waals surface area contributed by atoms with Crippen LogP contribution < -0.4 is 10.6 Å². The van der Waals surface area contributed by atoms with Gasteiger partial charge in [0.15, 0.2) is 0 Å². The summed E-state index contributed by atoms with van der Waals surface area (Å²) in [5.74, 6) is 0. The fourth-order valence-corrected chi connectivity index (χ4v) is 2.73. The van der Waals surface area contributed by atoms with Gasteiger partial charge in [0, 0.05) is 6.20 Å². The Kier molecular flexibility index (Phi) is 5.12. The number of anilines is 1. The van der Waals surface area contributed by atoms with Gasteiger partial charge in [-0.25, -0.2) is 4.79 Å². The summed E-state index contributed by atoms with van der Waals surface area (Å²) in [6.07, 6.45) is 2.38. The van der Waals surface area contributed by atoms with E-state index in [1.165, 1.54) is 16.9 Å². The van der Waals surface area contributed by atoms with Gasteiger partial charge in [0.2, 0.25) is 5.13 Å². The maximum Gasteiger partial charge on any atom is 0.321 e. The van der Waals surface area contributed by atoms with Crippen LogP contribution in [0.4, 0.5) is 9.93 Å². The molecule has 1 unspecified atom stereocenters. The van der Waals surface area contributed by atoms with E-state index in [2.05, 4.69) is 50.1 Å². The average Bonchev–Trinajstić information content (AvgIpc) is 3.10. The summed E-state index contributed by atoms with van der Waals surface area (Å²) in [5, 5.41) is 13.6. The van der Waals surface area contributed by atoms with Crippen molar-refractivity contribution < 1.29 is 4.79 Å². The minimum absolute atomic E-state index is 0.234. The SMILES string of the molecule is Cc1ccc(CC(NC(=O)Nc2nncs2)c2ccccn2)cc1. The first kappa shape index (κ1) is 16.1. The Hall–Kier alpha value is -2.80. The van der Waals surface area contributed by atoms with E-state index < -0.39 is 0 Å². The number of carbonyl (C=O) groups is 1. The first-order chi connectivity index (χ1) is 11.7. The number of pyridine rings is 1. The van der Waals surface area contributed by atoms with E-state index in [0.717, 1.165) is 11.3 Å². The Morgan fingerprint density at radius 3 is 2.71 bits per heavy atom. The summed E-state index contributed by atoms with van der Waals surface area (Å²) in [7, 11) is 0. The lowest BCUT2D eigenvalue weighted by Gasteiger charge is -2.18. The molecule has 0 spiro atoms. The van der Waals surface area contributed by atoms with Gasteiger partial charge in [-0.2, -0.15) is 0 Å². The van der Waals surface area contributed by atoms with Crippen molar-refractivity contribution in [1.82, 2.24) is 20.5 Å². The van der Waals surface area contributed by atoms with Crippen molar-refractivity contribution in [1.29, 1.82) is 0 Å². The zero-order chi connectivity index (χ0) is 16.8. The molecule has 6 nitrogen and oxygen atoms in total. The third-order valence-electron chi connectivity index (χ3n) is 3.49. The molecule has 2 N–H and O–H groups in total. The van der Waals surface area contributed by atoms with Crippen LogP contribution in [0.15, 0.2) is 54.2 Å². The van der Waals surface area contributed by atoms with Crippen LogP contribution in [0.5, 0.6) is 0 Å². The highest BCUT2D eigenvalue weighted by Gasteiger charge is 2.17. The first-order valence-corrected chi connectivity index (χ1v) is 8.39. The Labute approximate surface area is 144 Å². The van der Waals surface area contributed by atoms with E-state index in [1.807, 2.05) is 25.1 Å². The summed E-state index contributed by atoms with van der Waals surface area (Å²) < 4.78 is 0. The van der Waals surface area contributed by atoms with E-state index >= 15 is 0 Å². The lowest BCUT2D eigenvalue weighted by atomic mass is 10.0. The molecule has 0 aliphatic carbocycles. The van der Waals surface area contributed by atoms with Gasteiger partial charge in [-0.15, -0.1) is 10.2 Å². The monoisotopic (exact) mass is 339 g/mol. The highest BCUT2D eigenvalue weighted by atomic mass is 32.1. The fourth-order valence-electron chi connectivity index (χ4n) is 2.29. The van der Waals surface area contributed by atoms with Crippen molar-refractivity contribution in [2.75, 3.05) is 5.32 Å². The molecule has 3 rings (SSSR count). The van der Waals surface area contributed by atoms with Crippen molar-refractivity contribution in [2.24, 2.45) is 0 Å². The van der Waals surface area contributed by atoms with E-state index in [9.17, 15) is 4.79 Å². The van der Waals surface area contributed by atoms with Crippen LogP contribution in [0.3, 0.4) is 0 Å². The Morgan fingerprint density at radius 2 is 2.04 bits per heavy atom. The largest absolute Gasteiger partial charge is 0.329 e. The second kappa shape index (κ2) is 7.65. The lowest BCUT2D eigenvalue weighted by molar-refractivity contribution is 0.248. The molecule has 0 aliphatic rings. The number of carbonyl (C=O) groups excluding carboxylic acids is 1. The fraction of sp³-hybridized carbons (Fsp3) is 0.176. The van der Waals surface area contributed by atoms with Crippen molar-refractivity contribution in [3.05, 3.63) is 71.0 Å². The van der Waals surface area contributed by atoms with Crippen molar-refractivity contribution in [3.63, 3.8) is 0 Å². The zero-order valence-corrected chi connectivity index (χ0v) is 14.0. The normalized spacial score (nSPS) is 11.7. The molecule has 1 atom stereocenters. The van der Waals surface area contributed by atoms with Crippen LogP contribution in [-0.2, 0) is 6.42 Å². The Morgan fingerprint density at radius 1 is 1.21 bits per heavy atom. The summed E-state index contributed by atoms with van der Waals surface area (Å²) in [4.78, 5) is 16.6. The number of nitrogens with one attached hydrogen (secondary N) is 2. The average molecular weight is 339 g/mol. The maximum atomic E-state index is 12.2. The molecule has 2 heterocycles. The van der Waals surface area contributed by atoms with Crippen LogP contribution in [0, 0.1) is 6.92 Å². The highest BCUT2D eigenvalue weighted by Crippen LogP contribution is 2.18. The van der Waals surface area contributed by atoms with Crippen LogP contribution in [0.1, 0.15) is 22.9 Å². The molecule has 1 aromatic carbocycles. The molecule has 122 valence electrons. The quantitative estimate of drug-likeness (QED) is 0.747. The maximum absolute atomic E-state index is 12.2. The minimum atomic E-state index is -0.325. The number of hydrogen-bond acceptors (Lipinski definition) is 5. The second-order valence-electron chi connectivity index (χ2n) is 5.34. The third kappa shape index (κ3) is 4.36. The van der Waals surface area contributed by atoms with Gasteiger partial charge < -0.3 is 5.32 Å². The molecule has 0 fully saturated rings. The summed E-state index contributed by atoms with van der Waals surface area (Å²) >= 11 is 1.27. The molecular weight excluding hydrogens is 322 g/mol. The Bertz CT molecular complexity index is 775. The van der Waals surface area contributed by atoms with Gasteiger partial charge in [-0.05, 0) is 31.0 Å². The minimum Gasteiger partial charge on any atom is -0.329 e. The second-order valence-corrected chi connectivity index (χ2v) is 6.17. The van der Waals surface area contributed by atoms with Crippen molar-refractivity contribution >= 4 is 22.5 Å². The van der Waals surface area contributed by atoms with E-state index in [-0.39, 0.29) is 12.1 Å². The molecule has 2 amide bonds. The molecule has 0 radical (unpaired) electrons. The smallest absolute Gasteiger partial charge is 0.321 e. The third-order valence-corrected chi connectivity index (χ3v) is 4.10. The molecule has 24 heavy (non-hydrogen) atoms. The van der Waals surface area contributed by atoms with Crippen LogP contribution in [0.2, 0.25) is 0 Å². The number of aromatic nitrogens is 3. The van der Waals surface area contributed by atoms with E-state index in [0.29, 0.717) is 11.6 Å². The Balaban J connectivity index is 1.74. The molecule has 3 aromatic rings. The number of nitrogens with zero attached hydrogens (tertiary/aromatic N) is 3. The number of urea groups is 1. The predicted molar refractivity (Wildman–Crippen MR) is 93.9 cm³/mol. The van der Waals surface area contributed by atoms with Gasteiger partial charge in [-0.3, -0.25) is 10.3 Å². The van der Waals surface area contributed by atoms with Crippen molar-refractivity contribution in [3.8, 4) is 0 Å². The molecular formula is C17H17N5OS. The predicted octanol–water partition coefficient (Wildman–Crippen LogP) is 3.35. The molecule has 0 aliphatic heterocycles. The molecule has 7 heteroatoms. The molecule has 2 aromatic heterocycles. The van der Waals surface area contributed by atoms with Gasteiger partial charge in [0.1, 0.15) is 5.51 Å². The number of benzene rings is 1. The first-order valence-electron chi connectivity index (χ1n) is 7.51. The van der Waals surface area contributed by atoms with Gasteiger partial charge in [0.25, 0.3) is 0 Å². The molecule has 0 saturated carbocycles. The van der Waals surface area contributed by atoms with Crippen LogP contribution in [0.25, 0.3) is 0 Å². The van der Waals surface area contributed by atoms with E-state index in [4.69, 9.17) is 0 Å². The van der Waals surface area contributed by atoms with E-state index in [1.54, 1.807) is 11.7 Å². The topological polar surface area (TPSA) is 79.8 Å². The van der Waals surface area contributed by atoms with Gasteiger partial charge in [0.05, 0.1) is 11.7 Å². The standard InChI is InChI=1S/C17H17N5OS/c1-12-5-7-13(8-6-12)10-15(14-4-2-3-9-18-14)20-16(23)21-17-22-19-11-24-17/h2-9,11,15H,10H2,1H3,(H2,20,21,22,23). The lowest BCUT2D eigenvalue weighted by Crippen LogP contribution is -2.34. The van der Waals surface area contributed by atoms with Crippen molar-refractivity contribution in [2.45, 2.75) is 19.4 Å². The summed E-state index contributed by atoms with van der Waals surface area (Å²) in [6, 6.07) is 13.4. The molecule has 0 bridgehead atoms. The van der Waals surface area contributed by atoms with Crippen LogP contribution >= 0.6 is 11.3 Å². The van der Waals surface area contributed by atoms with Gasteiger partial charge in [-0.1, -0.05) is 47.2 Å².